The number of aliphatic hydroxyl groups is 1. The monoisotopic (exact) mass is 166 g/mol. The molecule has 0 saturated heterocycles. The van der Waals surface area contributed by atoms with Crippen molar-refractivity contribution in [2.75, 3.05) is 0 Å². The Balaban J connectivity index is 4.57. The highest BCUT2D eigenvalue weighted by atomic mass is 19.3. The fraction of sp³-hybridized carbons (Fsp3) is 0.429. The summed E-state index contributed by atoms with van der Waals surface area (Å²) in [5.41, 5.74) is 0. The van der Waals surface area contributed by atoms with Crippen molar-refractivity contribution in [1.29, 1.82) is 0 Å². The quantitative estimate of drug-likeness (QED) is 0.636. The van der Waals surface area contributed by atoms with E-state index in [0.717, 1.165) is 6.92 Å². The van der Waals surface area contributed by atoms with Crippen LogP contribution >= 0.6 is 0 Å². The van der Waals surface area contributed by atoms with Gasteiger partial charge in [-0.25, -0.2) is 4.39 Å². The zero-order valence-electron chi connectivity index (χ0n) is 6.02. The van der Waals surface area contributed by atoms with E-state index >= 15 is 0 Å². The standard InChI is InChI=1S/C7H9F3O/c1-3-5(8)7(9,10)6(11)4-2/h3-4,6,11H,2H2,1H3/b5-3+/t6-/m1/s1. The van der Waals surface area contributed by atoms with E-state index < -0.39 is 17.9 Å². The summed E-state index contributed by atoms with van der Waals surface area (Å²) in [4.78, 5) is 0. The maximum Gasteiger partial charge on any atom is 0.327 e. The Bertz CT molecular complexity index is 175. The molecule has 0 rings (SSSR count). The molecule has 0 amide bonds. The molecular weight excluding hydrogens is 157 g/mol. The van der Waals surface area contributed by atoms with Crippen molar-refractivity contribution in [2.24, 2.45) is 0 Å². The number of hydrogen-bond donors (Lipinski definition) is 1. The normalized spacial score (nSPS) is 16.3. The average molecular weight is 166 g/mol. The van der Waals surface area contributed by atoms with Gasteiger partial charge in [-0.3, -0.25) is 0 Å². The topological polar surface area (TPSA) is 20.2 Å². The van der Waals surface area contributed by atoms with E-state index in [9.17, 15) is 13.2 Å². The summed E-state index contributed by atoms with van der Waals surface area (Å²) >= 11 is 0. The number of rotatable bonds is 3. The van der Waals surface area contributed by atoms with Gasteiger partial charge in [0.2, 0.25) is 0 Å². The van der Waals surface area contributed by atoms with E-state index in [4.69, 9.17) is 5.11 Å². The Hall–Kier alpha value is -0.770. The summed E-state index contributed by atoms with van der Waals surface area (Å²) in [5, 5.41) is 8.54. The van der Waals surface area contributed by atoms with Crippen LogP contribution in [-0.4, -0.2) is 17.1 Å². The van der Waals surface area contributed by atoms with Crippen LogP contribution in [0.25, 0.3) is 0 Å². The van der Waals surface area contributed by atoms with Crippen molar-refractivity contribution in [2.45, 2.75) is 19.0 Å². The fourth-order valence-electron chi connectivity index (χ4n) is 0.482. The summed E-state index contributed by atoms with van der Waals surface area (Å²) in [7, 11) is 0. The highest BCUT2D eigenvalue weighted by Crippen LogP contribution is 2.29. The molecule has 0 heterocycles. The van der Waals surface area contributed by atoms with Crippen molar-refractivity contribution in [3.05, 3.63) is 24.6 Å². The van der Waals surface area contributed by atoms with E-state index in [-0.39, 0.29) is 0 Å². The molecule has 0 unspecified atom stereocenters. The first-order valence-electron chi connectivity index (χ1n) is 2.97. The van der Waals surface area contributed by atoms with Crippen LogP contribution in [0.1, 0.15) is 6.92 Å². The molecule has 0 aromatic carbocycles. The number of halogens is 3. The van der Waals surface area contributed by atoms with Gasteiger partial charge in [-0.1, -0.05) is 6.08 Å². The predicted molar refractivity (Wildman–Crippen MR) is 36.0 cm³/mol. The first-order chi connectivity index (χ1) is 4.96. The number of alkyl halides is 2. The predicted octanol–water partition coefficient (Wildman–Crippen LogP) is 2.04. The van der Waals surface area contributed by atoms with E-state index in [1.54, 1.807) is 0 Å². The number of allylic oxidation sites excluding steroid dienone is 1. The van der Waals surface area contributed by atoms with Gasteiger partial charge >= 0.3 is 5.92 Å². The highest BCUT2D eigenvalue weighted by molar-refractivity contribution is 5.09. The molecule has 0 aromatic rings. The molecule has 0 bridgehead atoms. The lowest BCUT2D eigenvalue weighted by atomic mass is 10.1. The van der Waals surface area contributed by atoms with Gasteiger partial charge in [0.05, 0.1) is 0 Å². The molecule has 1 atom stereocenters. The largest absolute Gasteiger partial charge is 0.382 e. The van der Waals surface area contributed by atoms with Crippen LogP contribution in [-0.2, 0) is 0 Å². The van der Waals surface area contributed by atoms with Crippen LogP contribution < -0.4 is 0 Å². The summed E-state index contributed by atoms with van der Waals surface area (Å²) < 4.78 is 37.1. The van der Waals surface area contributed by atoms with Gasteiger partial charge in [-0.05, 0) is 13.0 Å². The van der Waals surface area contributed by atoms with Gasteiger partial charge in [0.15, 0.2) is 5.83 Å². The summed E-state index contributed by atoms with van der Waals surface area (Å²) in [6.45, 7) is 4.04. The lowest BCUT2D eigenvalue weighted by Crippen LogP contribution is -2.32. The van der Waals surface area contributed by atoms with Crippen LogP contribution in [0.2, 0.25) is 0 Å². The molecule has 64 valence electrons. The molecular formula is C7H9F3O. The highest BCUT2D eigenvalue weighted by Gasteiger charge is 2.41. The van der Waals surface area contributed by atoms with Crippen LogP contribution in [0, 0.1) is 0 Å². The van der Waals surface area contributed by atoms with Crippen LogP contribution in [0.3, 0.4) is 0 Å². The summed E-state index contributed by atoms with van der Waals surface area (Å²) in [5.74, 6) is -5.50. The molecule has 0 fully saturated rings. The second kappa shape index (κ2) is 3.57. The molecule has 1 N–H and O–H groups in total. The fourth-order valence-corrected chi connectivity index (χ4v) is 0.482. The third kappa shape index (κ3) is 2.08. The average Bonchev–Trinajstić information content (AvgIpc) is 2.01. The van der Waals surface area contributed by atoms with Crippen molar-refractivity contribution in [1.82, 2.24) is 0 Å². The maximum atomic E-state index is 12.4. The van der Waals surface area contributed by atoms with E-state index in [0.29, 0.717) is 12.2 Å². The van der Waals surface area contributed by atoms with E-state index in [1.165, 1.54) is 0 Å². The van der Waals surface area contributed by atoms with Crippen LogP contribution in [0.15, 0.2) is 24.6 Å². The second-order valence-electron chi connectivity index (χ2n) is 1.94. The Morgan fingerprint density at radius 1 is 1.64 bits per heavy atom. The second-order valence-corrected chi connectivity index (χ2v) is 1.94. The molecule has 0 spiro atoms. The van der Waals surface area contributed by atoms with Crippen molar-refractivity contribution in [3.8, 4) is 0 Å². The molecule has 0 aromatic heterocycles. The minimum Gasteiger partial charge on any atom is -0.382 e. The Labute approximate surface area is 62.8 Å². The van der Waals surface area contributed by atoms with Crippen LogP contribution in [0.5, 0.6) is 0 Å². The molecule has 0 radical (unpaired) electrons. The smallest absolute Gasteiger partial charge is 0.327 e. The SMILES string of the molecule is C=C[C@@H](O)C(F)(F)/C(F)=C\C. The van der Waals surface area contributed by atoms with Crippen LogP contribution in [0.4, 0.5) is 13.2 Å². The Morgan fingerprint density at radius 2 is 2.09 bits per heavy atom. The Morgan fingerprint density at radius 3 is 2.36 bits per heavy atom. The third-order valence-electron chi connectivity index (χ3n) is 1.17. The molecule has 0 aliphatic heterocycles. The minimum atomic E-state index is -3.85. The van der Waals surface area contributed by atoms with E-state index in [2.05, 4.69) is 6.58 Å². The molecule has 1 nitrogen and oxygen atoms in total. The third-order valence-corrected chi connectivity index (χ3v) is 1.17. The first-order valence-corrected chi connectivity index (χ1v) is 2.97. The van der Waals surface area contributed by atoms with Crippen molar-refractivity contribution in [3.63, 3.8) is 0 Å². The maximum absolute atomic E-state index is 12.4. The molecule has 11 heavy (non-hydrogen) atoms. The van der Waals surface area contributed by atoms with Gasteiger partial charge in [-0.15, -0.1) is 6.58 Å². The molecule has 4 heteroatoms. The van der Waals surface area contributed by atoms with E-state index in [1.807, 2.05) is 0 Å². The minimum absolute atomic E-state index is 0.586. The zero-order valence-corrected chi connectivity index (χ0v) is 6.02. The lowest BCUT2D eigenvalue weighted by Gasteiger charge is -2.17. The number of hydrogen-bond acceptors (Lipinski definition) is 1. The van der Waals surface area contributed by atoms with Gasteiger partial charge < -0.3 is 5.11 Å². The van der Waals surface area contributed by atoms with Gasteiger partial charge in [0.1, 0.15) is 6.10 Å². The zero-order chi connectivity index (χ0) is 9.07. The summed E-state index contributed by atoms with van der Waals surface area (Å²) in [6.07, 6.45) is -0.978. The van der Waals surface area contributed by atoms with Gasteiger partial charge in [0.25, 0.3) is 0 Å². The lowest BCUT2D eigenvalue weighted by molar-refractivity contribution is -0.0699. The molecule has 0 aliphatic carbocycles. The summed E-state index contributed by atoms with van der Waals surface area (Å²) in [6, 6.07) is 0. The Kier molecular flexibility index (Phi) is 3.32. The van der Waals surface area contributed by atoms with Gasteiger partial charge in [-0.2, -0.15) is 8.78 Å². The van der Waals surface area contributed by atoms with Crippen molar-refractivity contribution >= 4 is 0 Å². The number of aliphatic hydroxyl groups excluding tert-OH is 1. The van der Waals surface area contributed by atoms with Crippen molar-refractivity contribution < 1.29 is 18.3 Å². The molecule has 0 saturated carbocycles. The molecule has 0 aliphatic rings. The van der Waals surface area contributed by atoms with Gasteiger partial charge in [0, 0.05) is 0 Å². The first kappa shape index (κ1) is 10.2.